The van der Waals surface area contributed by atoms with E-state index >= 15 is 0 Å². The predicted octanol–water partition coefficient (Wildman–Crippen LogP) is 2.24. The van der Waals surface area contributed by atoms with Gasteiger partial charge in [0.15, 0.2) is 17.5 Å². The smallest absolute Gasteiger partial charge is 0.301 e. The molecule has 0 saturated heterocycles. The first-order valence-corrected chi connectivity index (χ1v) is 5.93. The molecular weight excluding hydrogens is 346 g/mol. The Morgan fingerprint density at radius 1 is 1.12 bits per heavy atom. The van der Waals surface area contributed by atoms with Crippen LogP contribution in [-0.2, 0) is 0 Å². The minimum absolute atomic E-state index is 0.304. The van der Waals surface area contributed by atoms with Crippen LogP contribution < -0.4 is 17.2 Å². The number of nitro groups is 1. The number of hydrogen-bond acceptors (Lipinski definition) is 5. The van der Waals surface area contributed by atoms with Crippen molar-refractivity contribution >= 4 is 11.4 Å². The lowest BCUT2D eigenvalue weighted by molar-refractivity contribution is -0.443. The molecule has 1 aliphatic carbocycles. The van der Waals surface area contributed by atoms with Gasteiger partial charge in [-0.25, -0.2) is 26.3 Å². The lowest BCUT2D eigenvalue weighted by Crippen LogP contribution is -2.49. The monoisotopic (exact) mass is 356 g/mol. The zero-order valence-corrected chi connectivity index (χ0v) is 11.6. The van der Waals surface area contributed by atoms with Crippen molar-refractivity contribution in [3.63, 3.8) is 0 Å². The van der Waals surface area contributed by atoms with E-state index in [2.05, 4.69) is 5.73 Å². The molecule has 0 spiro atoms. The van der Waals surface area contributed by atoms with Crippen LogP contribution in [0.25, 0.3) is 0 Å². The standard InChI is InChI=1S/C6H5F3N2O2.C6H5F3N2/c7-3-1-2-4(11(12)13)6(9,10)5(3)8;7-2-1-3(10)6(11)5(9)4(2)8/h1-2,5H,10H2;1H,10-11H2. The fourth-order valence-corrected chi connectivity index (χ4v) is 1.53. The zero-order chi connectivity index (χ0) is 18.8. The summed E-state index contributed by atoms with van der Waals surface area (Å²) in [7, 11) is 0. The number of alkyl halides is 2. The molecule has 2 atom stereocenters. The number of allylic oxidation sites excluding steroid dienone is 2. The summed E-state index contributed by atoms with van der Waals surface area (Å²) in [6.07, 6.45) is -1.84. The molecule has 24 heavy (non-hydrogen) atoms. The highest BCUT2D eigenvalue weighted by Crippen LogP contribution is 2.32. The molecule has 6 nitrogen and oxygen atoms in total. The van der Waals surface area contributed by atoms with Crippen LogP contribution in [0.4, 0.5) is 37.7 Å². The molecule has 1 aromatic rings. The van der Waals surface area contributed by atoms with Crippen molar-refractivity contribution in [1.29, 1.82) is 0 Å². The number of rotatable bonds is 1. The first-order valence-electron chi connectivity index (χ1n) is 5.93. The molecule has 2 unspecified atom stereocenters. The predicted molar refractivity (Wildman–Crippen MR) is 72.3 cm³/mol. The Morgan fingerprint density at radius 3 is 2.17 bits per heavy atom. The number of nitrogens with zero attached hydrogens (tertiary/aromatic N) is 1. The molecule has 0 heterocycles. The lowest BCUT2D eigenvalue weighted by Gasteiger charge is -2.22. The second kappa shape index (κ2) is 6.78. The van der Waals surface area contributed by atoms with Gasteiger partial charge < -0.3 is 11.5 Å². The number of benzene rings is 1. The number of hydrogen-bond donors (Lipinski definition) is 3. The third kappa shape index (κ3) is 3.59. The third-order valence-electron chi connectivity index (χ3n) is 2.83. The fraction of sp³-hybridized carbons (Fsp3) is 0.167. The van der Waals surface area contributed by atoms with E-state index in [-0.39, 0.29) is 5.69 Å². The number of nitrogens with two attached hydrogens (primary N) is 3. The Labute approximate surface area is 130 Å². The molecule has 2 rings (SSSR count). The van der Waals surface area contributed by atoms with E-state index in [0.717, 1.165) is 0 Å². The van der Waals surface area contributed by atoms with E-state index in [0.29, 0.717) is 18.2 Å². The van der Waals surface area contributed by atoms with Crippen LogP contribution in [0.3, 0.4) is 0 Å². The average Bonchev–Trinajstić information content (AvgIpc) is 2.49. The Balaban J connectivity index is 0.000000243. The minimum Gasteiger partial charge on any atom is -0.397 e. The van der Waals surface area contributed by atoms with Crippen molar-refractivity contribution in [2.45, 2.75) is 12.0 Å². The molecular formula is C12H10F6N4O2. The van der Waals surface area contributed by atoms with E-state index in [1.807, 2.05) is 0 Å². The molecule has 0 aliphatic heterocycles. The quantitative estimate of drug-likeness (QED) is 0.178. The zero-order valence-electron chi connectivity index (χ0n) is 11.6. The highest BCUT2D eigenvalue weighted by atomic mass is 19.2. The number of halogens is 6. The van der Waals surface area contributed by atoms with Crippen LogP contribution in [0.2, 0.25) is 0 Å². The molecule has 6 N–H and O–H groups in total. The molecule has 0 saturated carbocycles. The maximum atomic E-state index is 13.0. The van der Waals surface area contributed by atoms with Crippen molar-refractivity contribution in [3.05, 3.63) is 57.3 Å². The lowest BCUT2D eigenvalue weighted by atomic mass is 10.0. The third-order valence-corrected chi connectivity index (χ3v) is 2.83. The van der Waals surface area contributed by atoms with Gasteiger partial charge >= 0.3 is 5.70 Å². The van der Waals surface area contributed by atoms with Gasteiger partial charge in [-0.3, -0.25) is 15.8 Å². The van der Waals surface area contributed by atoms with Crippen LogP contribution in [0, 0.1) is 27.6 Å². The van der Waals surface area contributed by atoms with E-state index in [4.69, 9.17) is 11.5 Å². The van der Waals surface area contributed by atoms with Crippen LogP contribution in [0.15, 0.2) is 29.7 Å². The van der Waals surface area contributed by atoms with E-state index in [1.165, 1.54) is 0 Å². The van der Waals surface area contributed by atoms with Crippen molar-refractivity contribution in [1.82, 2.24) is 0 Å². The van der Waals surface area contributed by atoms with Gasteiger partial charge in [0, 0.05) is 12.1 Å². The first-order chi connectivity index (χ1) is 10.9. The molecule has 132 valence electrons. The van der Waals surface area contributed by atoms with Gasteiger partial charge in [-0.2, -0.15) is 0 Å². The van der Waals surface area contributed by atoms with Gasteiger partial charge in [0.2, 0.25) is 6.17 Å². The fourth-order valence-electron chi connectivity index (χ4n) is 1.53. The summed E-state index contributed by atoms with van der Waals surface area (Å²) in [5.41, 5.74) is 12.5. The highest BCUT2D eigenvalue weighted by molar-refractivity contribution is 5.63. The molecule has 0 fully saturated rings. The van der Waals surface area contributed by atoms with Crippen LogP contribution >= 0.6 is 0 Å². The van der Waals surface area contributed by atoms with Crippen molar-refractivity contribution in [2.75, 3.05) is 11.5 Å². The molecule has 1 aromatic carbocycles. The van der Waals surface area contributed by atoms with Crippen molar-refractivity contribution < 1.29 is 31.3 Å². The molecule has 0 aromatic heterocycles. The molecule has 0 radical (unpaired) electrons. The minimum atomic E-state index is -3.40. The Hall–Kier alpha value is -2.76. The van der Waals surface area contributed by atoms with Crippen LogP contribution in [0.5, 0.6) is 0 Å². The van der Waals surface area contributed by atoms with Crippen LogP contribution in [0.1, 0.15) is 0 Å². The molecule has 1 aliphatic rings. The second-order valence-corrected chi connectivity index (χ2v) is 4.48. The Bertz CT molecular complexity index is 708. The molecule has 12 heteroatoms. The van der Waals surface area contributed by atoms with Gasteiger partial charge in [-0.15, -0.1) is 0 Å². The normalized spacial score (nSPS) is 22.9. The number of anilines is 2. The van der Waals surface area contributed by atoms with E-state index in [1.54, 1.807) is 0 Å². The molecule has 0 bridgehead atoms. The second-order valence-electron chi connectivity index (χ2n) is 4.48. The van der Waals surface area contributed by atoms with Gasteiger partial charge in [-0.1, -0.05) is 0 Å². The largest absolute Gasteiger partial charge is 0.397 e. The van der Waals surface area contributed by atoms with Crippen molar-refractivity contribution in [2.24, 2.45) is 5.73 Å². The van der Waals surface area contributed by atoms with E-state index in [9.17, 15) is 36.5 Å². The molecule has 0 amide bonds. The van der Waals surface area contributed by atoms with Gasteiger partial charge in [0.1, 0.15) is 5.83 Å². The summed E-state index contributed by atoms with van der Waals surface area (Å²) >= 11 is 0. The summed E-state index contributed by atoms with van der Waals surface area (Å²) < 4.78 is 75.1. The van der Waals surface area contributed by atoms with Gasteiger partial charge in [0.25, 0.3) is 5.79 Å². The van der Waals surface area contributed by atoms with Gasteiger partial charge in [0.05, 0.1) is 16.3 Å². The topological polar surface area (TPSA) is 121 Å². The summed E-state index contributed by atoms with van der Waals surface area (Å²) in [5, 5.41) is 10.1. The highest BCUT2D eigenvalue weighted by Gasteiger charge is 2.51. The maximum absolute atomic E-state index is 13.0. The Morgan fingerprint density at radius 2 is 1.67 bits per heavy atom. The maximum Gasteiger partial charge on any atom is 0.301 e. The van der Waals surface area contributed by atoms with Gasteiger partial charge in [-0.05, 0) is 6.08 Å². The van der Waals surface area contributed by atoms with E-state index < -0.39 is 51.6 Å². The van der Waals surface area contributed by atoms with Crippen molar-refractivity contribution in [3.8, 4) is 0 Å². The average molecular weight is 356 g/mol. The summed E-state index contributed by atoms with van der Waals surface area (Å²) in [6, 6.07) is 0.633. The Kier molecular flexibility index (Phi) is 5.45. The van der Waals surface area contributed by atoms with Crippen LogP contribution in [-0.4, -0.2) is 16.9 Å². The SMILES string of the molecule is NC1(F)C([N+](=O)[O-])=CC=C(F)C1F.Nc1cc(F)c(F)c(F)c1N. The number of nitrogen functional groups attached to an aromatic ring is 2. The summed E-state index contributed by atoms with van der Waals surface area (Å²) in [5.74, 6) is -9.24. The first kappa shape index (κ1) is 19.3. The summed E-state index contributed by atoms with van der Waals surface area (Å²) in [6.45, 7) is 0. The summed E-state index contributed by atoms with van der Waals surface area (Å²) in [4.78, 5) is 8.94.